The highest BCUT2D eigenvalue weighted by molar-refractivity contribution is 7.13. The van der Waals surface area contributed by atoms with Crippen LogP contribution < -0.4 is 0 Å². The van der Waals surface area contributed by atoms with Crippen LogP contribution in [0.4, 0.5) is 0 Å². The molecule has 1 atom stereocenters. The van der Waals surface area contributed by atoms with Crippen LogP contribution in [0.15, 0.2) is 35.7 Å². The Bertz CT molecular complexity index is 794. The molecule has 26 heavy (non-hydrogen) atoms. The molecule has 1 fully saturated rings. The van der Waals surface area contributed by atoms with Crippen LogP contribution in [0.1, 0.15) is 18.5 Å². The average molecular weight is 370 g/mol. The number of carbonyl (C=O) groups is 1. The number of aromatic nitrogens is 1. The minimum atomic E-state index is -0.241. The Kier molecular flexibility index (Phi) is 5.70. The van der Waals surface area contributed by atoms with Crippen molar-refractivity contribution in [3.05, 3.63) is 41.4 Å². The monoisotopic (exact) mass is 369 g/mol. The first-order valence-electron chi connectivity index (χ1n) is 8.99. The molecular formula is C20H25N4OS+. The third-order valence-corrected chi connectivity index (χ3v) is 5.77. The van der Waals surface area contributed by atoms with Gasteiger partial charge in [-0.05, 0) is 12.8 Å². The Hall–Kier alpha value is -2.23. The van der Waals surface area contributed by atoms with E-state index in [0.29, 0.717) is 17.6 Å². The summed E-state index contributed by atoms with van der Waals surface area (Å²) >= 11 is 1.66. The molecule has 3 rings (SSSR count). The Labute approximate surface area is 159 Å². The molecule has 1 aromatic carbocycles. The van der Waals surface area contributed by atoms with E-state index in [0.717, 1.165) is 42.1 Å². The van der Waals surface area contributed by atoms with Gasteiger partial charge in [0.15, 0.2) is 6.54 Å². The predicted molar refractivity (Wildman–Crippen MR) is 103 cm³/mol. The number of benzene rings is 1. The van der Waals surface area contributed by atoms with Crippen molar-refractivity contribution in [2.75, 3.05) is 33.7 Å². The zero-order valence-corrected chi connectivity index (χ0v) is 16.2. The van der Waals surface area contributed by atoms with Gasteiger partial charge in [-0.25, -0.2) is 4.98 Å². The number of likely N-dealkylation sites (N-methyl/N-ethyl adjacent to an activating group) is 1. The number of rotatable bonds is 6. The van der Waals surface area contributed by atoms with E-state index in [-0.39, 0.29) is 11.9 Å². The number of amides is 1. The number of quaternary nitrogens is 1. The van der Waals surface area contributed by atoms with Crippen molar-refractivity contribution in [1.29, 1.82) is 5.26 Å². The molecule has 0 saturated carbocycles. The molecule has 2 aromatic rings. The number of hydrogen-bond donors (Lipinski definition) is 0. The summed E-state index contributed by atoms with van der Waals surface area (Å²) in [4.78, 5) is 19.1. The SMILES string of the molecule is C[N+](C)(CCc1csc(-c2ccccc2)n1)CC(=O)N1CCC[C@H]1C#N. The van der Waals surface area contributed by atoms with Crippen molar-refractivity contribution < 1.29 is 9.28 Å². The van der Waals surface area contributed by atoms with E-state index in [4.69, 9.17) is 4.98 Å². The van der Waals surface area contributed by atoms with Gasteiger partial charge in [-0.3, -0.25) is 4.79 Å². The summed E-state index contributed by atoms with van der Waals surface area (Å²) in [5.74, 6) is 0.0855. The lowest BCUT2D eigenvalue weighted by Crippen LogP contribution is -2.50. The van der Waals surface area contributed by atoms with Crippen LogP contribution in [0.3, 0.4) is 0 Å². The van der Waals surface area contributed by atoms with E-state index in [9.17, 15) is 10.1 Å². The molecule has 0 aliphatic carbocycles. The summed E-state index contributed by atoms with van der Waals surface area (Å²) in [6.45, 7) is 1.98. The first kappa shape index (κ1) is 18.6. The van der Waals surface area contributed by atoms with Crippen molar-refractivity contribution in [3.63, 3.8) is 0 Å². The molecule has 6 heteroatoms. The highest BCUT2D eigenvalue weighted by Gasteiger charge is 2.32. The third-order valence-electron chi connectivity index (χ3n) is 4.83. The molecule has 1 aromatic heterocycles. The summed E-state index contributed by atoms with van der Waals surface area (Å²) in [5, 5.41) is 12.3. The van der Waals surface area contributed by atoms with Crippen LogP contribution in [0, 0.1) is 11.3 Å². The van der Waals surface area contributed by atoms with Gasteiger partial charge in [-0.1, -0.05) is 30.3 Å². The van der Waals surface area contributed by atoms with Gasteiger partial charge < -0.3 is 9.38 Å². The van der Waals surface area contributed by atoms with Crippen LogP contribution in [0.5, 0.6) is 0 Å². The summed E-state index contributed by atoms with van der Waals surface area (Å²) in [5.41, 5.74) is 2.22. The number of carbonyl (C=O) groups excluding carboxylic acids is 1. The minimum Gasteiger partial charge on any atom is -0.322 e. The molecule has 2 heterocycles. The number of hydrogen-bond acceptors (Lipinski definition) is 4. The molecule has 0 bridgehead atoms. The second-order valence-corrected chi connectivity index (χ2v) is 8.31. The summed E-state index contributed by atoms with van der Waals surface area (Å²) in [7, 11) is 4.14. The predicted octanol–water partition coefficient (Wildman–Crippen LogP) is 2.94. The molecule has 0 spiro atoms. The van der Waals surface area contributed by atoms with Crippen molar-refractivity contribution in [2.24, 2.45) is 0 Å². The fourth-order valence-electron chi connectivity index (χ4n) is 3.29. The lowest BCUT2D eigenvalue weighted by molar-refractivity contribution is -0.882. The Morgan fingerprint density at radius 1 is 1.38 bits per heavy atom. The highest BCUT2D eigenvalue weighted by atomic mass is 32.1. The van der Waals surface area contributed by atoms with Crippen LogP contribution in [0.2, 0.25) is 0 Å². The maximum Gasteiger partial charge on any atom is 0.278 e. The quantitative estimate of drug-likeness (QED) is 0.736. The fraction of sp³-hybridized carbons (Fsp3) is 0.450. The van der Waals surface area contributed by atoms with Gasteiger partial charge in [0.2, 0.25) is 0 Å². The number of likely N-dealkylation sites (tertiary alicyclic amines) is 1. The number of nitriles is 1. The van der Waals surface area contributed by atoms with E-state index in [1.165, 1.54) is 0 Å². The lowest BCUT2D eigenvalue weighted by atomic mass is 10.2. The zero-order chi connectivity index (χ0) is 18.6. The summed E-state index contributed by atoms with van der Waals surface area (Å²) in [6.07, 6.45) is 2.57. The van der Waals surface area contributed by atoms with Crippen molar-refractivity contribution >= 4 is 17.2 Å². The molecule has 0 radical (unpaired) electrons. The second-order valence-electron chi connectivity index (χ2n) is 7.45. The Morgan fingerprint density at radius 3 is 2.88 bits per heavy atom. The van der Waals surface area contributed by atoms with Gasteiger partial charge in [0.1, 0.15) is 11.0 Å². The smallest absolute Gasteiger partial charge is 0.278 e. The van der Waals surface area contributed by atoms with E-state index in [2.05, 4.69) is 37.7 Å². The van der Waals surface area contributed by atoms with Crippen molar-refractivity contribution in [1.82, 2.24) is 9.88 Å². The largest absolute Gasteiger partial charge is 0.322 e. The van der Waals surface area contributed by atoms with E-state index in [1.807, 2.05) is 18.2 Å². The molecule has 1 saturated heterocycles. The van der Waals surface area contributed by atoms with Gasteiger partial charge in [-0.2, -0.15) is 5.26 Å². The van der Waals surface area contributed by atoms with Gasteiger partial charge in [0, 0.05) is 23.9 Å². The first-order valence-corrected chi connectivity index (χ1v) is 9.87. The second kappa shape index (κ2) is 7.98. The Morgan fingerprint density at radius 2 is 2.15 bits per heavy atom. The molecule has 0 N–H and O–H groups in total. The number of thiazole rings is 1. The standard InChI is InChI=1S/C20H25N4OS/c1-24(2,14-19(25)23-11-6-9-18(23)13-21)12-10-17-15-26-20(22-17)16-7-4-3-5-8-16/h3-5,7-8,15,18H,6,9-12,14H2,1-2H3/q+1/t18-/m0/s1. The molecule has 0 unspecified atom stereocenters. The number of nitrogens with zero attached hydrogens (tertiary/aromatic N) is 4. The minimum absolute atomic E-state index is 0.0855. The summed E-state index contributed by atoms with van der Waals surface area (Å²) in [6, 6.07) is 12.2. The molecule has 136 valence electrons. The molecule has 5 nitrogen and oxygen atoms in total. The van der Waals surface area contributed by atoms with E-state index in [1.54, 1.807) is 16.2 Å². The topological polar surface area (TPSA) is 57.0 Å². The van der Waals surface area contributed by atoms with Crippen LogP contribution in [-0.2, 0) is 11.2 Å². The van der Waals surface area contributed by atoms with E-state index >= 15 is 0 Å². The lowest BCUT2D eigenvalue weighted by Gasteiger charge is -2.31. The van der Waals surface area contributed by atoms with Gasteiger partial charge in [0.05, 0.1) is 32.4 Å². The van der Waals surface area contributed by atoms with Crippen LogP contribution >= 0.6 is 11.3 Å². The maximum absolute atomic E-state index is 12.6. The van der Waals surface area contributed by atoms with Crippen molar-refractivity contribution in [3.8, 4) is 16.6 Å². The summed E-state index contributed by atoms with van der Waals surface area (Å²) < 4.78 is 0.603. The fourth-order valence-corrected chi connectivity index (χ4v) is 4.15. The first-order chi connectivity index (χ1) is 12.5. The normalized spacial score (nSPS) is 17.3. The average Bonchev–Trinajstić information content (AvgIpc) is 3.29. The molecule has 1 aliphatic heterocycles. The molecular weight excluding hydrogens is 344 g/mol. The van der Waals surface area contributed by atoms with Gasteiger partial charge in [0.25, 0.3) is 5.91 Å². The van der Waals surface area contributed by atoms with Crippen molar-refractivity contribution in [2.45, 2.75) is 25.3 Å². The van der Waals surface area contributed by atoms with Crippen LogP contribution in [-0.4, -0.2) is 60.0 Å². The zero-order valence-electron chi connectivity index (χ0n) is 15.4. The van der Waals surface area contributed by atoms with Gasteiger partial charge >= 0.3 is 0 Å². The maximum atomic E-state index is 12.6. The van der Waals surface area contributed by atoms with Gasteiger partial charge in [-0.15, -0.1) is 11.3 Å². The molecule has 1 amide bonds. The molecule has 1 aliphatic rings. The van der Waals surface area contributed by atoms with E-state index < -0.39 is 0 Å². The Balaban J connectivity index is 1.56. The highest BCUT2D eigenvalue weighted by Crippen LogP contribution is 2.24. The van der Waals surface area contributed by atoms with Crippen LogP contribution in [0.25, 0.3) is 10.6 Å². The third kappa shape index (κ3) is 4.48.